The predicted octanol–water partition coefficient (Wildman–Crippen LogP) is 2.49. The SMILES string of the molecule is CC#CC(=O)N1CCC[C@H](N=C2c3c[nH]cc3NCN2C#Cc2cc(OC)cc(OC)c2)C1. The van der Waals surface area contributed by atoms with Gasteiger partial charge in [-0.15, -0.1) is 0 Å². The molecule has 8 heteroatoms. The lowest BCUT2D eigenvalue weighted by molar-refractivity contribution is -0.126. The Morgan fingerprint density at radius 2 is 1.97 bits per heavy atom. The van der Waals surface area contributed by atoms with E-state index in [2.05, 4.69) is 34.1 Å². The minimum absolute atomic E-state index is 0.0154. The molecule has 2 N–H and O–H groups in total. The summed E-state index contributed by atoms with van der Waals surface area (Å²) in [5.74, 6) is 10.5. The molecule has 0 unspecified atom stereocenters. The van der Waals surface area contributed by atoms with Crippen molar-refractivity contribution in [2.45, 2.75) is 25.8 Å². The summed E-state index contributed by atoms with van der Waals surface area (Å²) < 4.78 is 10.7. The zero-order valence-electron chi connectivity index (χ0n) is 19.1. The molecule has 0 radical (unpaired) electrons. The highest BCUT2D eigenvalue weighted by molar-refractivity contribution is 6.06. The number of benzene rings is 1. The molecule has 1 aromatic heterocycles. The number of amidine groups is 1. The van der Waals surface area contributed by atoms with Crippen LogP contribution in [0.15, 0.2) is 35.6 Å². The van der Waals surface area contributed by atoms with Crippen LogP contribution in [0.5, 0.6) is 11.5 Å². The molecular weight excluding hydrogens is 418 g/mol. The summed E-state index contributed by atoms with van der Waals surface area (Å²) in [7, 11) is 3.23. The van der Waals surface area contributed by atoms with Crippen LogP contribution in [-0.2, 0) is 4.79 Å². The van der Waals surface area contributed by atoms with E-state index in [4.69, 9.17) is 14.5 Å². The number of anilines is 1. The molecular formula is C25H27N5O3. The molecule has 2 aliphatic rings. The van der Waals surface area contributed by atoms with Crippen LogP contribution >= 0.6 is 0 Å². The maximum Gasteiger partial charge on any atom is 0.298 e. The highest BCUT2D eigenvalue weighted by atomic mass is 16.5. The lowest BCUT2D eigenvalue weighted by Gasteiger charge is -2.32. The number of nitrogens with zero attached hydrogens (tertiary/aromatic N) is 3. The Hall–Kier alpha value is -4.04. The number of hydrogen-bond donors (Lipinski definition) is 2. The molecule has 8 nitrogen and oxygen atoms in total. The fourth-order valence-electron chi connectivity index (χ4n) is 3.93. The third kappa shape index (κ3) is 5.07. The Bertz CT molecular complexity index is 1160. The molecule has 2 aliphatic heterocycles. The summed E-state index contributed by atoms with van der Waals surface area (Å²) in [4.78, 5) is 24.1. The smallest absolute Gasteiger partial charge is 0.298 e. The van der Waals surface area contributed by atoms with Gasteiger partial charge in [0.15, 0.2) is 0 Å². The molecule has 1 saturated heterocycles. The number of carbonyl (C=O) groups is 1. The molecule has 1 fully saturated rings. The number of ether oxygens (including phenoxy) is 2. The topological polar surface area (TPSA) is 82.2 Å². The lowest BCUT2D eigenvalue weighted by atomic mass is 10.1. The van der Waals surface area contributed by atoms with E-state index in [9.17, 15) is 4.79 Å². The number of amides is 1. The van der Waals surface area contributed by atoms with Crippen molar-refractivity contribution in [1.29, 1.82) is 0 Å². The van der Waals surface area contributed by atoms with Gasteiger partial charge >= 0.3 is 0 Å². The van der Waals surface area contributed by atoms with Gasteiger partial charge in [-0.1, -0.05) is 5.92 Å². The Balaban J connectivity index is 1.63. The number of aromatic nitrogens is 1. The van der Waals surface area contributed by atoms with Crippen molar-refractivity contribution in [3.63, 3.8) is 0 Å². The van der Waals surface area contributed by atoms with E-state index in [1.807, 2.05) is 35.5 Å². The minimum atomic E-state index is -0.140. The number of aliphatic imine (C=N–C) groups is 1. The lowest BCUT2D eigenvalue weighted by Crippen LogP contribution is -2.43. The van der Waals surface area contributed by atoms with Crippen LogP contribution in [-0.4, -0.2) is 66.5 Å². The van der Waals surface area contributed by atoms with Gasteiger partial charge in [-0.25, -0.2) is 0 Å². The second-order valence-electron chi connectivity index (χ2n) is 7.76. The summed E-state index contributed by atoms with van der Waals surface area (Å²) in [6.45, 7) is 3.44. The molecule has 0 aliphatic carbocycles. The molecule has 3 heterocycles. The van der Waals surface area contributed by atoms with E-state index in [0.717, 1.165) is 35.5 Å². The van der Waals surface area contributed by atoms with E-state index in [1.54, 1.807) is 26.0 Å². The van der Waals surface area contributed by atoms with Crippen LogP contribution in [0.25, 0.3) is 0 Å². The normalized spacial score (nSPS) is 18.3. The fraction of sp³-hybridized carbons (Fsp3) is 0.360. The van der Waals surface area contributed by atoms with Gasteiger partial charge in [0.2, 0.25) is 0 Å². The second kappa shape index (κ2) is 10.1. The number of hydrogen-bond acceptors (Lipinski definition) is 5. The Kier molecular flexibility index (Phi) is 6.75. The van der Waals surface area contributed by atoms with Crippen LogP contribution in [0.2, 0.25) is 0 Å². The molecule has 1 atom stereocenters. The number of piperidine rings is 1. The fourth-order valence-corrected chi connectivity index (χ4v) is 3.93. The summed E-state index contributed by atoms with van der Waals surface area (Å²) in [6, 6.07) is 8.75. The zero-order chi connectivity index (χ0) is 23.2. The molecule has 0 bridgehead atoms. The molecule has 33 heavy (non-hydrogen) atoms. The van der Waals surface area contributed by atoms with E-state index in [-0.39, 0.29) is 11.9 Å². The minimum Gasteiger partial charge on any atom is -0.497 e. The summed E-state index contributed by atoms with van der Waals surface area (Å²) in [6.07, 6.45) is 5.63. The third-order valence-corrected chi connectivity index (χ3v) is 5.58. The largest absolute Gasteiger partial charge is 0.497 e. The third-order valence-electron chi connectivity index (χ3n) is 5.58. The van der Waals surface area contributed by atoms with Gasteiger partial charge in [-0.3, -0.25) is 14.7 Å². The molecule has 4 rings (SSSR count). The second-order valence-corrected chi connectivity index (χ2v) is 7.76. The zero-order valence-corrected chi connectivity index (χ0v) is 19.1. The summed E-state index contributed by atoms with van der Waals surface area (Å²) in [5, 5.41) is 3.36. The van der Waals surface area contributed by atoms with Crippen LogP contribution < -0.4 is 14.8 Å². The highest BCUT2D eigenvalue weighted by Crippen LogP contribution is 2.25. The first-order valence-corrected chi connectivity index (χ1v) is 10.8. The van der Waals surface area contributed by atoms with Crippen molar-refractivity contribution in [2.75, 3.05) is 39.3 Å². The Morgan fingerprint density at radius 1 is 1.18 bits per heavy atom. The Labute approximate surface area is 194 Å². The number of H-pyrrole nitrogens is 1. The number of fused-ring (bicyclic) bond motifs is 1. The van der Waals surface area contributed by atoms with Crippen LogP contribution in [0.3, 0.4) is 0 Å². The summed E-state index contributed by atoms with van der Waals surface area (Å²) in [5.41, 5.74) is 2.71. The molecule has 1 aromatic carbocycles. The van der Waals surface area contributed by atoms with Crippen LogP contribution in [0.1, 0.15) is 30.9 Å². The highest BCUT2D eigenvalue weighted by Gasteiger charge is 2.27. The average molecular weight is 446 g/mol. The number of methoxy groups -OCH3 is 2. The standard InChI is InChI=1S/C25H27N5O3/c1-4-6-24(31)29-9-5-7-19(16-29)28-25-22-14-26-15-23(22)27-17-30(25)10-8-18-11-20(32-2)13-21(12-18)33-3/h11-15,19,26-27H,5,7,9,16-17H2,1-3H3/t19-/m0/s1. The van der Waals surface area contributed by atoms with Crippen LogP contribution in [0.4, 0.5) is 5.69 Å². The maximum atomic E-state index is 12.3. The van der Waals surface area contributed by atoms with Gasteiger partial charge in [0.1, 0.15) is 24.0 Å². The molecule has 0 spiro atoms. The molecule has 1 amide bonds. The van der Waals surface area contributed by atoms with E-state index < -0.39 is 0 Å². The van der Waals surface area contributed by atoms with Gasteiger partial charge in [-0.2, -0.15) is 0 Å². The quantitative estimate of drug-likeness (QED) is 0.710. The monoisotopic (exact) mass is 445 g/mol. The maximum absolute atomic E-state index is 12.3. The van der Waals surface area contributed by atoms with Crippen molar-refractivity contribution in [2.24, 2.45) is 4.99 Å². The van der Waals surface area contributed by atoms with Gasteiger partial charge in [0.25, 0.3) is 5.91 Å². The van der Waals surface area contributed by atoms with Crippen LogP contribution in [0, 0.1) is 23.8 Å². The van der Waals surface area contributed by atoms with Crippen molar-refractivity contribution >= 4 is 17.4 Å². The summed E-state index contributed by atoms with van der Waals surface area (Å²) >= 11 is 0. The number of rotatable bonds is 3. The number of carbonyl (C=O) groups excluding carboxylic acids is 1. The molecule has 2 aromatic rings. The Morgan fingerprint density at radius 3 is 2.70 bits per heavy atom. The van der Waals surface area contributed by atoms with Gasteiger partial charge in [0, 0.05) is 43.2 Å². The van der Waals surface area contributed by atoms with Crippen molar-refractivity contribution in [3.05, 3.63) is 41.7 Å². The van der Waals surface area contributed by atoms with Gasteiger partial charge < -0.3 is 24.7 Å². The van der Waals surface area contributed by atoms with E-state index in [1.165, 1.54) is 0 Å². The van der Waals surface area contributed by atoms with Gasteiger partial charge in [0.05, 0.1) is 31.5 Å². The van der Waals surface area contributed by atoms with E-state index in [0.29, 0.717) is 31.3 Å². The first-order valence-electron chi connectivity index (χ1n) is 10.8. The number of likely N-dealkylation sites (tertiary alicyclic amines) is 1. The average Bonchev–Trinajstić information content (AvgIpc) is 3.33. The van der Waals surface area contributed by atoms with Gasteiger partial charge in [-0.05, 0) is 43.7 Å². The van der Waals surface area contributed by atoms with E-state index >= 15 is 0 Å². The van der Waals surface area contributed by atoms with Crippen molar-refractivity contribution in [3.8, 4) is 35.3 Å². The molecule has 170 valence electrons. The number of aromatic amines is 1. The first kappa shape index (κ1) is 22.2. The first-order chi connectivity index (χ1) is 16.1. The predicted molar refractivity (Wildman–Crippen MR) is 127 cm³/mol. The number of nitrogens with one attached hydrogen (secondary N) is 2. The van der Waals surface area contributed by atoms with Crippen molar-refractivity contribution < 1.29 is 14.3 Å². The molecule has 0 saturated carbocycles. The van der Waals surface area contributed by atoms with Crippen molar-refractivity contribution in [1.82, 2.24) is 14.8 Å².